The molecule has 0 aliphatic carbocycles. The van der Waals surface area contributed by atoms with Crippen molar-refractivity contribution in [1.29, 1.82) is 0 Å². The van der Waals surface area contributed by atoms with Gasteiger partial charge in [0.25, 0.3) is 6.43 Å². The molecule has 4 aromatic heterocycles. The van der Waals surface area contributed by atoms with E-state index in [0.29, 0.717) is 40.2 Å². The van der Waals surface area contributed by atoms with E-state index >= 15 is 0 Å². The van der Waals surface area contributed by atoms with Crippen molar-refractivity contribution in [2.45, 2.75) is 38.8 Å². The number of pyridine rings is 1. The Labute approximate surface area is 187 Å². The summed E-state index contributed by atoms with van der Waals surface area (Å²) >= 11 is 0. The zero-order valence-corrected chi connectivity index (χ0v) is 18.2. The average Bonchev–Trinajstić information content (AvgIpc) is 3.32. The second kappa shape index (κ2) is 7.94. The van der Waals surface area contributed by atoms with E-state index in [2.05, 4.69) is 25.4 Å². The molecule has 10 nitrogen and oxygen atoms in total. The van der Waals surface area contributed by atoms with E-state index < -0.39 is 19.0 Å². The van der Waals surface area contributed by atoms with Gasteiger partial charge in [0.05, 0.1) is 12.2 Å². The van der Waals surface area contributed by atoms with E-state index in [0.717, 1.165) is 13.0 Å². The second-order valence-corrected chi connectivity index (χ2v) is 8.14. The number of rotatable bonds is 5. The Bertz CT molecular complexity index is 1360. The van der Waals surface area contributed by atoms with Crippen LogP contribution >= 0.6 is 0 Å². The van der Waals surface area contributed by atoms with Crippen LogP contribution in [0.15, 0.2) is 24.4 Å². The fraction of sp³-hybridized carbons (Fsp3) is 0.381. The summed E-state index contributed by atoms with van der Waals surface area (Å²) in [6.07, 6.45) is 0.779. The fourth-order valence-corrected chi connectivity index (χ4v) is 4.26. The number of alkyl halides is 2. The van der Waals surface area contributed by atoms with E-state index in [1.165, 1.54) is 4.57 Å². The van der Waals surface area contributed by atoms with Crippen LogP contribution in [0.1, 0.15) is 18.7 Å². The Kier molecular flexibility index (Phi) is 5.06. The maximum Gasteiger partial charge on any atom is 0.256 e. The van der Waals surface area contributed by atoms with Crippen LogP contribution in [-0.2, 0) is 11.3 Å². The van der Waals surface area contributed by atoms with Gasteiger partial charge < -0.3 is 20.5 Å². The lowest BCUT2D eigenvalue weighted by atomic mass is 10.1. The molecule has 0 spiro atoms. The largest absolute Gasteiger partial charge is 0.382 e. The molecule has 0 radical (unpaired) electrons. The molecular formula is C21H23F2N9O. The number of likely N-dealkylation sites (tertiary alicyclic amines) is 1. The number of carbonyl (C=O) groups excluding carboxylic acids is 1. The molecule has 0 unspecified atom stereocenters. The van der Waals surface area contributed by atoms with Crippen LogP contribution in [0.3, 0.4) is 0 Å². The number of likely N-dealkylation sites (N-methyl/N-ethyl adjacent to an activating group) is 1. The molecule has 5 heterocycles. The monoisotopic (exact) mass is 455 g/mol. The Morgan fingerprint density at radius 1 is 1.24 bits per heavy atom. The van der Waals surface area contributed by atoms with Gasteiger partial charge >= 0.3 is 0 Å². The number of anilines is 2. The summed E-state index contributed by atoms with van der Waals surface area (Å²) in [5, 5.41) is 7.54. The molecule has 5 rings (SSSR count). The fourth-order valence-electron chi connectivity index (χ4n) is 4.26. The number of hydrogen-bond donors (Lipinski definition) is 2. The van der Waals surface area contributed by atoms with Gasteiger partial charge in [0.15, 0.2) is 11.5 Å². The smallest absolute Gasteiger partial charge is 0.256 e. The normalized spacial score (nSPS) is 16.9. The first-order valence-electron chi connectivity index (χ1n) is 10.6. The molecule has 1 amide bonds. The van der Waals surface area contributed by atoms with Gasteiger partial charge in [0, 0.05) is 25.4 Å². The number of hydrogen-bond acceptors (Lipinski definition) is 7. The molecule has 33 heavy (non-hydrogen) atoms. The van der Waals surface area contributed by atoms with Crippen molar-refractivity contribution in [3.63, 3.8) is 0 Å². The van der Waals surface area contributed by atoms with Crippen molar-refractivity contribution in [2.24, 2.45) is 0 Å². The molecular weight excluding hydrogens is 432 g/mol. The number of nitrogens with two attached hydrogens (primary N) is 1. The number of aryl methyl sites for hydroxylation is 1. The number of halogens is 2. The van der Waals surface area contributed by atoms with E-state index in [1.807, 2.05) is 0 Å². The van der Waals surface area contributed by atoms with Crippen LogP contribution in [0.4, 0.5) is 20.5 Å². The Morgan fingerprint density at radius 2 is 2.06 bits per heavy atom. The molecule has 0 aromatic carbocycles. The van der Waals surface area contributed by atoms with Crippen LogP contribution in [0.25, 0.3) is 27.9 Å². The molecule has 3 N–H and O–H groups in total. The minimum absolute atomic E-state index is 0.00933. The Hall–Kier alpha value is -3.83. The van der Waals surface area contributed by atoms with Gasteiger partial charge in [-0.3, -0.25) is 4.79 Å². The van der Waals surface area contributed by atoms with Crippen molar-refractivity contribution in [3.05, 3.63) is 30.2 Å². The van der Waals surface area contributed by atoms with Gasteiger partial charge in [-0.1, -0.05) is 0 Å². The van der Waals surface area contributed by atoms with Crippen molar-refractivity contribution in [3.8, 4) is 11.3 Å². The Morgan fingerprint density at radius 3 is 2.85 bits per heavy atom. The average molecular weight is 455 g/mol. The molecule has 1 aliphatic heterocycles. The number of imidazole rings is 1. The summed E-state index contributed by atoms with van der Waals surface area (Å²) in [6.45, 7) is 1.92. The molecule has 1 atom stereocenters. The Balaban J connectivity index is 1.52. The first kappa shape index (κ1) is 21.0. The number of piperidine rings is 1. The zero-order chi connectivity index (χ0) is 23.3. The first-order valence-corrected chi connectivity index (χ1v) is 10.6. The highest BCUT2D eigenvalue weighted by Crippen LogP contribution is 2.29. The van der Waals surface area contributed by atoms with Crippen molar-refractivity contribution >= 4 is 34.4 Å². The third kappa shape index (κ3) is 3.70. The molecule has 1 saturated heterocycles. The van der Waals surface area contributed by atoms with E-state index in [-0.39, 0.29) is 17.7 Å². The third-order valence-electron chi connectivity index (χ3n) is 5.88. The zero-order valence-electron chi connectivity index (χ0n) is 18.2. The topological polar surface area (TPSA) is 119 Å². The van der Waals surface area contributed by atoms with Gasteiger partial charge in [0.1, 0.15) is 22.9 Å². The van der Waals surface area contributed by atoms with E-state index in [1.54, 1.807) is 47.8 Å². The number of fused-ring (bicyclic) bond motifs is 2. The molecule has 0 saturated carbocycles. The predicted octanol–water partition coefficient (Wildman–Crippen LogP) is 2.33. The molecule has 1 aliphatic rings. The number of carbonyl (C=O) groups is 1. The predicted molar refractivity (Wildman–Crippen MR) is 119 cm³/mol. The summed E-state index contributed by atoms with van der Waals surface area (Å²) in [5.74, 6) is 0.927. The van der Waals surface area contributed by atoms with Crippen LogP contribution in [0, 0.1) is 6.92 Å². The summed E-state index contributed by atoms with van der Waals surface area (Å²) in [6, 6.07) is 4.89. The number of nitrogens with zero attached hydrogens (tertiary/aromatic N) is 7. The van der Waals surface area contributed by atoms with E-state index in [9.17, 15) is 13.6 Å². The minimum atomic E-state index is -2.52. The lowest BCUT2D eigenvalue weighted by molar-refractivity contribution is -0.132. The number of nitrogens with one attached hydrogen (secondary N) is 1. The number of aromatic nitrogens is 6. The van der Waals surface area contributed by atoms with Gasteiger partial charge in [-0.05, 0) is 38.0 Å². The number of amides is 1. The highest BCUT2D eigenvalue weighted by Gasteiger charge is 2.27. The van der Waals surface area contributed by atoms with Crippen LogP contribution < -0.4 is 11.1 Å². The lowest BCUT2D eigenvalue weighted by Gasteiger charge is -2.29. The maximum atomic E-state index is 13.1. The highest BCUT2D eigenvalue weighted by molar-refractivity contribution is 5.89. The minimum Gasteiger partial charge on any atom is -0.382 e. The van der Waals surface area contributed by atoms with Gasteiger partial charge in [-0.2, -0.15) is 4.98 Å². The van der Waals surface area contributed by atoms with Crippen molar-refractivity contribution in [1.82, 2.24) is 34.0 Å². The highest BCUT2D eigenvalue weighted by atomic mass is 19.3. The third-order valence-corrected chi connectivity index (χ3v) is 5.88. The number of nitrogen functional groups attached to an aromatic ring is 1. The standard InChI is InChI=1S/C21H23F2N9O/c1-11-25-14-6-5-13(26-19(14)31(11)10-16(22)23)12-7-9-32-17(12)18(24)28-21(29-32)27-15-4-3-8-30(2)20(15)33/h5-7,9,15-16H,3-4,8,10H2,1-2H3,(H3,24,27,28,29)/t15-/m1/s1. The van der Waals surface area contributed by atoms with Crippen molar-refractivity contribution in [2.75, 3.05) is 24.6 Å². The molecule has 4 aromatic rings. The quantitative estimate of drug-likeness (QED) is 0.474. The van der Waals surface area contributed by atoms with Crippen LogP contribution in [0.2, 0.25) is 0 Å². The SMILES string of the molecule is Cc1nc2ccc(-c3ccn4nc(N[C@@H]5CCCN(C)C5=O)nc(N)c34)nc2n1CC(F)F. The van der Waals surface area contributed by atoms with Gasteiger partial charge in [-0.15, -0.1) is 5.10 Å². The molecule has 0 bridgehead atoms. The van der Waals surface area contributed by atoms with Gasteiger partial charge in [-0.25, -0.2) is 23.3 Å². The van der Waals surface area contributed by atoms with Crippen molar-refractivity contribution < 1.29 is 13.6 Å². The van der Waals surface area contributed by atoms with Crippen LogP contribution in [-0.4, -0.2) is 66.0 Å². The van der Waals surface area contributed by atoms with Crippen LogP contribution in [0.5, 0.6) is 0 Å². The molecule has 172 valence electrons. The lowest BCUT2D eigenvalue weighted by Crippen LogP contribution is -2.45. The first-order chi connectivity index (χ1) is 15.8. The summed E-state index contributed by atoms with van der Waals surface area (Å²) < 4.78 is 29.1. The molecule has 1 fully saturated rings. The summed E-state index contributed by atoms with van der Waals surface area (Å²) in [5.41, 5.74) is 8.93. The molecule has 12 heteroatoms. The van der Waals surface area contributed by atoms with E-state index in [4.69, 9.17) is 5.73 Å². The summed E-state index contributed by atoms with van der Waals surface area (Å²) in [7, 11) is 1.77. The second-order valence-electron chi connectivity index (χ2n) is 8.14. The summed E-state index contributed by atoms with van der Waals surface area (Å²) in [4.78, 5) is 27.3. The van der Waals surface area contributed by atoms with Gasteiger partial charge in [0.2, 0.25) is 11.9 Å². The maximum absolute atomic E-state index is 13.1.